The van der Waals surface area contributed by atoms with Crippen molar-refractivity contribution in [1.29, 1.82) is 0 Å². The highest BCUT2D eigenvalue weighted by atomic mass is 16.6. The normalized spacial score (nSPS) is 18.3. The zero-order valence-electron chi connectivity index (χ0n) is 10.9. The lowest BCUT2D eigenvalue weighted by atomic mass is 10.1. The zero-order chi connectivity index (χ0) is 13.7. The molecule has 0 radical (unpaired) electrons. The third-order valence-corrected chi connectivity index (χ3v) is 3.31. The molecule has 0 aromatic heterocycles. The molecule has 0 bridgehead atoms. The quantitative estimate of drug-likeness (QED) is 0.629. The van der Waals surface area contributed by atoms with Crippen LogP contribution in [0.25, 0.3) is 0 Å². The first kappa shape index (κ1) is 13.6. The fourth-order valence-corrected chi connectivity index (χ4v) is 2.18. The Morgan fingerprint density at radius 2 is 2.37 bits per heavy atom. The molecule has 1 aromatic carbocycles. The van der Waals surface area contributed by atoms with Gasteiger partial charge in [-0.05, 0) is 37.9 Å². The van der Waals surface area contributed by atoms with Crippen LogP contribution in [0.1, 0.15) is 12.8 Å². The Bertz CT molecular complexity index is 444. The van der Waals surface area contributed by atoms with Crippen LogP contribution in [0.2, 0.25) is 0 Å². The highest BCUT2D eigenvalue weighted by molar-refractivity contribution is 5.50. The summed E-state index contributed by atoms with van der Waals surface area (Å²) in [5.41, 5.74) is -0.0228. The number of nitrogens with zero attached hydrogens (tertiary/aromatic N) is 1. The molecule has 0 amide bonds. The number of methoxy groups -OCH3 is 1. The number of ether oxygens (including phenoxy) is 2. The SMILES string of the molecule is COc1ccc([N+](=O)[O-])c(OCCC2CCNC2)c1. The van der Waals surface area contributed by atoms with E-state index in [-0.39, 0.29) is 11.4 Å². The smallest absolute Gasteiger partial charge is 0.311 e. The van der Waals surface area contributed by atoms with Crippen molar-refractivity contribution in [2.75, 3.05) is 26.8 Å². The third-order valence-electron chi connectivity index (χ3n) is 3.31. The Morgan fingerprint density at radius 3 is 3.00 bits per heavy atom. The van der Waals surface area contributed by atoms with E-state index in [1.54, 1.807) is 12.1 Å². The molecule has 1 saturated heterocycles. The molecule has 1 aromatic rings. The summed E-state index contributed by atoms with van der Waals surface area (Å²) in [6.45, 7) is 2.54. The number of hydrogen-bond donors (Lipinski definition) is 1. The van der Waals surface area contributed by atoms with Gasteiger partial charge in [-0.15, -0.1) is 0 Å². The molecule has 1 heterocycles. The average Bonchev–Trinajstić information content (AvgIpc) is 2.91. The minimum Gasteiger partial charge on any atom is -0.497 e. The lowest BCUT2D eigenvalue weighted by Crippen LogP contribution is -2.12. The van der Waals surface area contributed by atoms with Gasteiger partial charge >= 0.3 is 5.69 Å². The van der Waals surface area contributed by atoms with Gasteiger partial charge in [-0.3, -0.25) is 10.1 Å². The first-order chi connectivity index (χ1) is 9.20. The molecule has 0 spiro atoms. The van der Waals surface area contributed by atoms with Crippen molar-refractivity contribution in [2.45, 2.75) is 12.8 Å². The molecule has 1 atom stereocenters. The van der Waals surface area contributed by atoms with Crippen molar-refractivity contribution in [2.24, 2.45) is 5.92 Å². The van der Waals surface area contributed by atoms with Crippen molar-refractivity contribution in [1.82, 2.24) is 5.32 Å². The summed E-state index contributed by atoms with van der Waals surface area (Å²) in [6, 6.07) is 4.53. The second-order valence-corrected chi connectivity index (χ2v) is 4.59. The van der Waals surface area contributed by atoms with Crippen LogP contribution in [0.15, 0.2) is 18.2 Å². The Morgan fingerprint density at radius 1 is 1.53 bits per heavy atom. The molecule has 6 heteroatoms. The Hall–Kier alpha value is -1.82. The van der Waals surface area contributed by atoms with Gasteiger partial charge in [0, 0.05) is 12.1 Å². The molecule has 6 nitrogen and oxygen atoms in total. The Kier molecular flexibility index (Phi) is 4.57. The average molecular weight is 266 g/mol. The zero-order valence-corrected chi connectivity index (χ0v) is 10.9. The molecule has 0 aliphatic carbocycles. The second kappa shape index (κ2) is 6.38. The van der Waals surface area contributed by atoms with Gasteiger partial charge in [0.1, 0.15) is 5.75 Å². The van der Waals surface area contributed by atoms with Crippen molar-refractivity contribution in [3.05, 3.63) is 28.3 Å². The van der Waals surface area contributed by atoms with Crippen LogP contribution in [0, 0.1) is 16.0 Å². The summed E-state index contributed by atoms with van der Waals surface area (Å²) in [7, 11) is 1.52. The topological polar surface area (TPSA) is 73.6 Å². The Labute approximate surface area is 111 Å². The van der Waals surface area contributed by atoms with Crippen molar-refractivity contribution < 1.29 is 14.4 Å². The molecule has 1 fully saturated rings. The number of benzene rings is 1. The van der Waals surface area contributed by atoms with E-state index in [0.29, 0.717) is 18.3 Å². The van der Waals surface area contributed by atoms with E-state index in [0.717, 1.165) is 25.9 Å². The van der Waals surface area contributed by atoms with Crippen LogP contribution in [0.4, 0.5) is 5.69 Å². The van der Waals surface area contributed by atoms with Crippen LogP contribution in [0.5, 0.6) is 11.5 Å². The standard InChI is InChI=1S/C13H18N2O4/c1-18-11-2-3-12(15(16)17)13(8-11)19-7-5-10-4-6-14-9-10/h2-3,8,10,14H,4-7,9H2,1H3. The summed E-state index contributed by atoms with van der Waals surface area (Å²) in [6.07, 6.45) is 2.05. The number of rotatable bonds is 6. The van der Waals surface area contributed by atoms with Crippen LogP contribution >= 0.6 is 0 Å². The van der Waals surface area contributed by atoms with Gasteiger partial charge in [0.25, 0.3) is 0 Å². The number of nitro groups is 1. The fourth-order valence-electron chi connectivity index (χ4n) is 2.18. The van der Waals surface area contributed by atoms with Gasteiger partial charge in [-0.1, -0.05) is 0 Å². The van der Waals surface area contributed by atoms with Gasteiger partial charge in [0.15, 0.2) is 0 Å². The fraction of sp³-hybridized carbons (Fsp3) is 0.538. The molecule has 1 N–H and O–H groups in total. The summed E-state index contributed by atoms with van der Waals surface area (Å²) in [4.78, 5) is 10.5. The van der Waals surface area contributed by atoms with Crippen molar-refractivity contribution in [3.63, 3.8) is 0 Å². The van der Waals surface area contributed by atoms with Crippen LogP contribution < -0.4 is 14.8 Å². The molecule has 1 unspecified atom stereocenters. The molecule has 0 saturated carbocycles. The van der Waals surface area contributed by atoms with Gasteiger partial charge in [0.05, 0.1) is 18.6 Å². The lowest BCUT2D eigenvalue weighted by molar-refractivity contribution is -0.385. The van der Waals surface area contributed by atoms with E-state index in [4.69, 9.17) is 9.47 Å². The van der Waals surface area contributed by atoms with Crippen molar-refractivity contribution in [3.8, 4) is 11.5 Å². The van der Waals surface area contributed by atoms with E-state index >= 15 is 0 Å². The number of hydrogen-bond acceptors (Lipinski definition) is 5. The summed E-state index contributed by atoms with van der Waals surface area (Å²) in [5, 5.41) is 14.2. The first-order valence-corrected chi connectivity index (χ1v) is 6.36. The van der Waals surface area contributed by atoms with Gasteiger partial charge in [0.2, 0.25) is 5.75 Å². The molecule has 1 aliphatic rings. The maximum Gasteiger partial charge on any atom is 0.311 e. The van der Waals surface area contributed by atoms with E-state index in [1.807, 2.05) is 0 Å². The highest BCUT2D eigenvalue weighted by Crippen LogP contribution is 2.31. The summed E-state index contributed by atoms with van der Waals surface area (Å²) >= 11 is 0. The summed E-state index contributed by atoms with van der Waals surface area (Å²) in [5.74, 6) is 1.43. The highest BCUT2D eigenvalue weighted by Gasteiger charge is 2.18. The first-order valence-electron chi connectivity index (χ1n) is 6.36. The molecule has 2 rings (SSSR count). The van der Waals surface area contributed by atoms with Gasteiger partial charge in [-0.25, -0.2) is 0 Å². The molecule has 19 heavy (non-hydrogen) atoms. The lowest BCUT2D eigenvalue weighted by Gasteiger charge is -2.11. The molecular weight excluding hydrogens is 248 g/mol. The van der Waals surface area contributed by atoms with E-state index in [2.05, 4.69) is 5.32 Å². The van der Waals surface area contributed by atoms with Crippen LogP contribution in [-0.4, -0.2) is 31.7 Å². The number of nitrogens with one attached hydrogen (secondary N) is 1. The van der Waals surface area contributed by atoms with Crippen LogP contribution in [-0.2, 0) is 0 Å². The largest absolute Gasteiger partial charge is 0.497 e. The molecule has 1 aliphatic heterocycles. The summed E-state index contributed by atoms with van der Waals surface area (Å²) < 4.78 is 10.6. The predicted molar refractivity (Wildman–Crippen MR) is 70.7 cm³/mol. The molecular formula is C13H18N2O4. The van der Waals surface area contributed by atoms with Crippen molar-refractivity contribution >= 4 is 5.69 Å². The van der Waals surface area contributed by atoms with Crippen LogP contribution in [0.3, 0.4) is 0 Å². The minimum atomic E-state index is -0.439. The van der Waals surface area contributed by atoms with Gasteiger partial charge in [-0.2, -0.15) is 0 Å². The molecule has 104 valence electrons. The van der Waals surface area contributed by atoms with E-state index < -0.39 is 4.92 Å². The monoisotopic (exact) mass is 266 g/mol. The number of nitro benzene ring substituents is 1. The van der Waals surface area contributed by atoms with Gasteiger partial charge < -0.3 is 14.8 Å². The second-order valence-electron chi connectivity index (χ2n) is 4.59. The predicted octanol–water partition coefficient (Wildman–Crippen LogP) is 1.98. The van der Waals surface area contributed by atoms with E-state index in [1.165, 1.54) is 13.2 Å². The maximum atomic E-state index is 10.9. The minimum absolute atomic E-state index is 0.0228. The maximum absolute atomic E-state index is 10.9. The Balaban J connectivity index is 1.98. The third kappa shape index (κ3) is 3.57. The van der Waals surface area contributed by atoms with E-state index in [9.17, 15) is 10.1 Å².